The summed E-state index contributed by atoms with van der Waals surface area (Å²) < 4.78 is 5.40. The molecular formula is C11H16N4O3S. The summed E-state index contributed by atoms with van der Waals surface area (Å²) in [6.07, 6.45) is 0.622. The van der Waals surface area contributed by atoms with E-state index in [-0.39, 0.29) is 12.1 Å². The summed E-state index contributed by atoms with van der Waals surface area (Å²) in [7, 11) is 0. The Morgan fingerprint density at radius 1 is 1.58 bits per heavy atom. The van der Waals surface area contributed by atoms with Gasteiger partial charge in [0.25, 0.3) is 0 Å². The number of carbonyl (C=O) groups excluding carboxylic acids is 2. The highest BCUT2D eigenvalue weighted by atomic mass is 32.1. The molecule has 0 aliphatic carbocycles. The van der Waals surface area contributed by atoms with Crippen molar-refractivity contribution in [2.75, 3.05) is 11.9 Å². The van der Waals surface area contributed by atoms with Crippen LogP contribution in [0.5, 0.6) is 0 Å². The maximum atomic E-state index is 11.6. The Labute approximate surface area is 114 Å². The summed E-state index contributed by atoms with van der Waals surface area (Å²) in [5.74, 6) is -0.454. The van der Waals surface area contributed by atoms with Gasteiger partial charge in [0, 0.05) is 11.9 Å². The quantitative estimate of drug-likeness (QED) is 0.753. The molecule has 3 amide bonds. The van der Waals surface area contributed by atoms with Crippen LogP contribution < -0.4 is 16.4 Å². The van der Waals surface area contributed by atoms with Crippen molar-refractivity contribution in [3.63, 3.8) is 0 Å². The molecule has 0 spiro atoms. The number of amides is 3. The molecular weight excluding hydrogens is 268 g/mol. The number of hydrogen-bond donors (Lipinski definition) is 3. The van der Waals surface area contributed by atoms with E-state index in [0.717, 1.165) is 5.69 Å². The number of primary amides is 1. The minimum atomic E-state index is -0.531. The van der Waals surface area contributed by atoms with Crippen molar-refractivity contribution in [1.82, 2.24) is 10.3 Å². The number of nitrogens with one attached hydrogen (secondary N) is 2. The molecule has 104 valence electrons. The second-order valence-corrected chi connectivity index (χ2v) is 5.21. The zero-order valence-corrected chi connectivity index (χ0v) is 11.3. The molecule has 1 saturated heterocycles. The van der Waals surface area contributed by atoms with E-state index in [1.54, 1.807) is 0 Å². The number of nitrogens with zero attached hydrogens (tertiary/aromatic N) is 1. The van der Waals surface area contributed by atoms with Gasteiger partial charge in [-0.15, -0.1) is 11.3 Å². The molecule has 2 atom stereocenters. The van der Waals surface area contributed by atoms with Crippen molar-refractivity contribution in [3.8, 4) is 0 Å². The number of ether oxygens (including phenoxy) is 1. The first-order chi connectivity index (χ1) is 9.04. The molecule has 1 fully saturated rings. The average molecular weight is 284 g/mol. The number of rotatable bonds is 4. The highest BCUT2D eigenvalue weighted by Crippen LogP contribution is 2.19. The molecule has 4 N–H and O–H groups in total. The van der Waals surface area contributed by atoms with Crippen molar-refractivity contribution in [3.05, 3.63) is 11.1 Å². The number of anilines is 1. The van der Waals surface area contributed by atoms with E-state index in [9.17, 15) is 9.59 Å². The Morgan fingerprint density at radius 2 is 2.37 bits per heavy atom. The first kappa shape index (κ1) is 13.8. The van der Waals surface area contributed by atoms with Crippen molar-refractivity contribution < 1.29 is 14.3 Å². The number of urea groups is 1. The fourth-order valence-electron chi connectivity index (χ4n) is 1.82. The van der Waals surface area contributed by atoms with E-state index in [2.05, 4.69) is 15.6 Å². The van der Waals surface area contributed by atoms with Crippen molar-refractivity contribution in [2.45, 2.75) is 32.0 Å². The highest BCUT2D eigenvalue weighted by molar-refractivity contribution is 7.13. The van der Waals surface area contributed by atoms with Crippen LogP contribution in [0.4, 0.5) is 9.93 Å². The summed E-state index contributed by atoms with van der Waals surface area (Å²) in [6, 6.07) is -0.333. The van der Waals surface area contributed by atoms with Crippen LogP contribution in [0.1, 0.15) is 18.5 Å². The Kier molecular flexibility index (Phi) is 4.33. The second kappa shape index (κ2) is 5.98. The SMILES string of the molecule is Cc1csc(NC(=O)NC[C@@H]2CC[C@@H](C(N)=O)O2)n1. The maximum absolute atomic E-state index is 11.6. The summed E-state index contributed by atoms with van der Waals surface area (Å²) in [5.41, 5.74) is 6.01. The predicted octanol–water partition coefficient (Wildman–Crippen LogP) is 0.606. The molecule has 0 unspecified atom stereocenters. The lowest BCUT2D eigenvalue weighted by atomic mass is 10.2. The molecule has 2 heterocycles. The Bertz CT molecular complexity index is 476. The molecule has 1 aromatic heterocycles. The van der Waals surface area contributed by atoms with Gasteiger partial charge >= 0.3 is 6.03 Å². The first-order valence-electron chi connectivity index (χ1n) is 5.96. The number of aromatic nitrogens is 1. The normalized spacial score (nSPS) is 22.2. The lowest BCUT2D eigenvalue weighted by Gasteiger charge is -2.12. The molecule has 0 aromatic carbocycles. The third kappa shape index (κ3) is 3.90. The molecule has 19 heavy (non-hydrogen) atoms. The number of aryl methyl sites for hydroxylation is 1. The van der Waals surface area contributed by atoms with Crippen LogP contribution in [0.15, 0.2) is 5.38 Å². The minimum absolute atomic E-state index is 0.165. The Morgan fingerprint density at radius 3 is 2.95 bits per heavy atom. The van der Waals surface area contributed by atoms with Crippen LogP contribution in [0.2, 0.25) is 0 Å². The molecule has 8 heteroatoms. The topological polar surface area (TPSA) is 106 Å². The van der Waals surface area contributed by atoms with Crippen LogP contribution in [0, 0.1) is 6.92 Å². The maximum Gasteiger partial charge on any atom is 0.321 e. The smallest absolute Gasteiger partial charge is 0.321 e. The molecule has 0 bridgehead atoms. The number of hydrogen-bond acceptors (Lipinski definition) is 5. The molecule has 1 aromatic rings. The zero-order valence-electron chi connectivity index (χ0n) is 10.5. The predicted molar refractivity (Wildman–Crippen MR) is 71.0 cm³/mol. The third-order valence-electron chi connectivity index (χ3n) is 2.75. The summed E-state index contributed by atoms with van der Waals surface area (Å²) in [6.45, 7) is 2.20. The molecule has 2 rings (SSSR count). The van der Waals surface area contributed by atoms with Crippen molar-refractivity contribution >= 4 is 28.4 Å². The van der Waals surface area contributed by atoms with E-state index < -0.39 is 12.0 Å². The van der Waals surface area contributed by atoms with Gasteiger partial charge < -0.3 is 15.8 Å². The molecule has 1 aliphatic heterocycles. The third-order valence-corrected chi connectivity index (χ3v) is 3.63. The van der Waals surface area contributed by atoms with Crippen molar-refractivity contribution in [2.24, 2.45) is 5.73 Å². The Hall–Kier alpha value is -1.67. The first-order valence-corrected chi connectivity index (χ1v) is 6.84. The van der Waals surface area contributed by atoms with Gasteiger partial charge in [0.15, 0.2) is 5.13 Å². The highest BCUT2D eigenvalue weighted by Gasteiger charge is 2.29. The number of carbonyl (C=O) groups is 2. The van der Waals surface area contributed by atoms with E-state index in [1.807, 2.05) is 12.3 Å². The van der Waals surface area contributed by atoms with Crippen LogP contribution in [0.25, 0.3) is 0 Å². The van der Waals surface area contributed by atoms with Gasteiger partial charge in [0.05, 0.1) is 11.8 Å². The van der Waals surface area contributed by atoms with Crippen LogP contribution >= 0.6 is 11.3 Å². The summed E-state index contributed by atoms with van der Waals surface area (Å²) >= 11 is 1.36. The zero-order chi connectivity index (χ0) is 13.8. The van der Waals surface area contributed by atoms with Gasteiger partial charge in [-0.2, -0.15) is 0 Å². The fourth-order valence-corrected chi connectivity index (χ4v) is 2.51. The van der Waals surface area contributed by atoms with Gasteiger partial charge in [-0.05, 0) is 19.8 Å². The minimum Gasteiger partial charge on any atom is -0.367 e. The van der Waals surface area contributed by atoms with Gasteiger partial charge in [-0.25, -0.2) is 9.78 Å². The van der Waals surface area contributed by atoms with E-state index in [0.29, 0.717) is 24.5 Å². The standard InChI is InChI=1S/C11H16N4O3S/c1-6-5-19-11(14-6)15-10(17)13-4-7-2-3-8(18-7)9(12)16/h5,7-8H,2-4H2,1H3,(H2,12,16)(H2,13,14,15,17)/t7-,8-/m0/s1. The molecule has 7 nitrogen and oxygen atoms in total. The second-order valence-electron chi connectivity index (χ2n) is 4.36. The van der Waals surface area contributed by atoms with Crippen LogP contribution in [0.3, 0.4) is 0 Å². The lowest BCUT2D eigenvalue weighted by molar-refractivity contribution is -0.128. The van der Waals surface area contributed by atoms with E-state index in [4.69, 9.17) is 10.5 Å². The number of nitrogens with two attached hydrogens (primary N) is 1. The van der Waals surface area contributed by atoms with Gasteiger partial charge in [0.1, 0.15) is 6.10 Å². The largest absolute Gasteiger partial charge is 0.367 e. The van der Waals surface area contributed by atoms with Crippen LogP contribution in [-0.2, 0) is 9.53 Å². The van der Waals surface area contributed by atoms with Gasteiger partial charge in [-0.3, -0.25) is 10.1 Å². The molecule has 0 radical (unpaired) electrons. The van der Waals surface area contributed by atoms with Gasteiger partial charge in [0.2, 0.25) is 5.91 Å². The molecule has 1 aliphatic rings. The Balaban J connectivity index is 1.71. The summed E-state index contributed by atoms with van der Waals surface area (Å²) in [5, 5.41) is 7.72. The van der Waals surface area contributed by atoms with Gasteiger partial charge in [-0.1, -0.05) is 0 Å². The monoisotopic (exact) mass is 284 g/mol. The van der Waals surface area contributed by atoms with E-state index >= 15 is 0 Å². The van der Waals surface area contributed by atoms with Crippen LogP contribution in [-0.4, -0.2) is 35.7 Å². The van der Waals surface area contributed by atoms with E-state index in [1.165, 1.54) is 11.3 Å². The average Bonchev–Trinajstić information content (AvgIpc) is 2.96. The molecule has 0 saturated carbocycles. The number of thiazole rings is 1. The lowest BCUT2D eigenvalue weighted by Crippen LogP contribution is -2.36. The van der Waals surface area contributed by atoms with Crippen molar-refractivity contribution in [1.29, 1.82) is 0 Å². The fraction of sp³-hybridized carbons (Fsp3) is 0.545. The summed E-state index contributed by atoms with van der Waals surface area (Å²) in [4.78, 5) is 26.6.